The summed E-state index contributed by atoms with van der Waals surface area (Å²) in [5.74, 6) is 1.01. The highest BCUT2D eigenvalue weighted by molar-refractivity contribution is 5.39. The third kappa shape index (κ3) is 6.89. The standard InChI is InChI=1S/C23H33FN2/c1-2-26-16-7-3-4-12-22(24)18-19(14-15-25)17-21-11-8-10-20-9-5-6-13-23(20)21/h3,5-11,13,18-19,21,23,26H,2,4,12,14-17,25H2,1H3. The van der Waals surface area contributed by atoms with E-state index in [1.807, 2.05) is 12.2 Å². The fraction of sp³-hybridized carbons (Fsp3) is 0.478. The highest BCUT2D eigenvalue weighted by Gasteiger charge is 2.25. The van der Waals surface area contributed by atoms with E-state index in [-0.39, 0.29) is 11.7 Å². The maximum absolute atomic E-state index is 14.4. The first kappa shape index (κ1) is 20.6. The second-order valence-corrected chi connectivity index (χ2v) is 6.99. The number of halogens is 1. The number of hydrogen-bond acceptors (Lipinski definition) is 2. The summed E-state index contributed by atoms with van der Waals surface area (Å²) < 4.78 is 14.4. The van der Waals surface area contributed by atoms with Gasteiger partial charge in [0.2, 0.25) is 0 Å². The molecule has 0 amide bonds. The van der Waals surface area contributed by atoms with Gasteiger partial charge in [-0.25, -0.2) is 4.39 Å². The van der Waals surface area contributed by atoms with E-state index in [0.717, 1.165) is 32.4 Å². The molecule has 0 radical (unpaired) electrons. The van der Waals surface area contributed by atoms with Gasteiger partial charge in [-0.15, -0.1) is 0 Å². The Morgan fingerprint density at radius 3 is 2.96 bits per heavy atom. The van der Waals surface area contributed by atoms with Crippen LogP contribution in [-0.2, 0) is 0 Å². The van der Waals surface area contributed by atoms with Crippen molar-refractivity contribution < 1.29 is 4.39 Å². The summed E-state index contributed by atoms with van der Waals surface area (Å²) in [7, 11) is 0. The van der Waals surface area contributed by atoms with Crippen LogP contribution in [0.4, 0.5) is 4.39 Å². The lowest BCUT2D eigenvalue weighted by Gasteiger charge is -2.29. The van der Waals surface area contributed by atoms with E-state index < -0.39 is 0 Å². The fourth-order valence-corrected chi connectivity index (χ4v) is 3.61. The van der Waals surface area contributed by atoms with Crippen molar-refractivity contribution in [3.8, 4) is 0 Å². The Labute approximate surface area is 158 Å². The lowest BCUT2D eigenvalue weighted by atomic mass is 9.75. The summed E-state index contributed by atoms with van der Waals surface area (Å²) in [6.45, 7) is 4.48. The monoisotopic (exact) mass is 356 g/mol. The molecular weight excluding hydrogens is 323 g/mol. The van der Waals surface area contributed by atoms with Crippen LogP contribution in [0.3, 0.4) is 0 Å². The molecule has 0 bridgehead atoms. The molecule has 0 spiro atoms. The quantitative estimate of drug-likeness (QED) is 0.404. The van der Waals surface area contributed by atoms with Gasteiger partial charge in [0.05, 0.1) is 5.83 Å². The maximum Gasteiger partial charge on any atom is 0.0965 e. The molecule has 3 unspecified atom stereocenters. The minimum Gasteiger partial charge on any atom is -0.330 e. The molecule has 26 heavy (non-hydrogen) atoms. The topological polar surface area (TPSA) is 38.0 Å². The van der Waals surface area contributed by atoms with E-state index in [1.54, 1.807) is 0 Å². The van der Waals surface area contributed by atoms with Crippen LogP contribution >= 0.6 is 0 Å². The van der Waals surface area contributed by atoms with Gasteiger partial charge in [0.1, 0.15) is 0 Å². The molecule has 2 nitrogen and oxygen atoms in total. The Kier molecular flexibility index (Phi) is 9.36. The van der Waals surface area contributed by atoms with Gasteiger partial charge in [0.15, 0.2) is 0 Å². The van der Waals surface area contributed by atoms with Crippen LogP contribution in [-0.4, -0.2) is 19.6 Å². The van der Waals surface area contributed by atoms with E-state index in [2.05, 4.69) is 60.8 Å². The minimum atomic E-state index is -0.00816. The SMILES string of the molecule is CCNCC=CCCC(F)=CC(CCN)CC1C=CC=C2C=CC=CC21. The number of nitrogens with two attached hydrogens (primary N) is 1. The molecule has 0 aromatic rings. The molecule has 0 aromatic carbocycles. The Morgan fingerprint density at radius 1 is 1.27 bits per heavy atom. The van der Waals surface area contributed by atoms with Crippen LogP contribution in [0.25, 0.3) is 0 Å². The van der Waals surface area contributed by atoms with Crippen molar-refractivity contribution in [2.45, 2.75) is 32.6 Å². The molecule has 0 saturated carbocycles. The Morgan fingerprint density at radius 2 is 2.15 bits per heavy atom. The Hall–Kier alpha value is -1.71. The molecule has 2 aliphatic rings. The van der Waals surface area contributed by atoms with Gasteiger partial charge in [-0.3, -0.25) is 0 Å². The molecule has 3 heteroatoms. The number of nitrogens with one attached hydrogen (secondary N) is 1. The van der Waals surface area contributed by atoms with Crippen molar-refractivity contribution in [1.29, 1.82) is 0 Å². The fourth-order valence-electron chi connectivity index (χ4n) is 3.61. The van der Waals surface area contributed by atoms with E-state index >= 15 is 0 Å². The molecule has 0 saturated heterocycles. The number of hydrogen-bond donors (Lipinski definition) is 2. The first-order valence-electron chi connectivity index (χ1n) is 9.89. The van der Waals surface area contributed by atoms with Crippen LogP contribution in [0.1, 0.15) is 32.6 Å². The summed E-state index contributed by atoms with van der Waals surface area (Å²) in [6.07, 6.45) is 24.1. The zero-order valence-corrected chi connectivity index (χ0v) is 15.9. The van der Waals surface area contributed by atoms with Crippen molar-refractivity contribution in [2.24, 2.45) is 23.5 Å². The first-order valence-corrected chi connectivity index (χ1v) is 9.89. The van der Waals surface area contributed by atoms with E-state index in [0.29, 0.717) is 24.8 Å². The van der Waals surface area contributed by atoms with Gasteiger partial charge >= 0.3 is 0 Å². The van der Waals surface area contributed by atoms with Gasteiger partial charge in [-0.1, -0.05) is 61.6 Å². The summed E-state index contributed by atoms with van der Waals surface area (Å²) in [5.41, 5.74) is 7.13. The lowest BCUT2D eigenvalue weighted by Crippen LogP contribution is -2.20. The van der Waals surface area contributed by atoms with Crippen LogP contribution < -0.4 is 11.1 Å². The zero-order chi connectivity index (χ0) is 18.6. The molecule has 2 rings (SSSR count). The molecule has 3 N–H and O–H groups in total. The highest BCUT2D eigenvalue weighted by atomic mass is 19.1. The highest BCUT2D eigenvalue weighted by Crippen LogP contribution is 2.36. The molecule has 2 aliphatic carbocycles. The largest absolute Gasteiger partial charge is 0.330 e. The van der Waals surface area contributed by atoms with Gasteiger partial charge in [-0.2, -0.15) is 0 Å². The average Bonchev–Trinajstić information content (AvgIpc) is 2.65. The van der Waals surface area contributed by atoms with Crippen molar-refractivity contribution in [1.82, 2.24) is 5.32 Å². The number of fused-ring (bicyclic) bond motifs is 1. The van der Waals surface area contributed by atoms with Crippen LogP contribution in [0.15, 0.2) is 72.2 Å². The molecule has 0 aliphatic heterocycles. The zero-order valence-electron chi connectivity index (χ0n) is 15.9. The van der Waals surface area contributed by atoms with Crippen molar-refractivity contribution in [3.63, 3.8) is 0 Å². The summed E-state index contributed by atoms with van der Waals surface area (Å²) >= 11 is 0. The smallest absolute Gasteiger partial charge is 0.0965 e. The van der Waals surface area contributed by atoms with Crippen LogP contribution in [0.2, 0.25) is 0 Å². The van der Waals surface area contributed by atoms with E-state index in [4.69, 9.17) is 5.73 Å². The summed E-state index contributed by atoms with van der Waals surface area (Å²) in [5, 5.41) is 3.22. The molecular formula is C23H33FN2. The third-order valence-corrected chi connectivity index (χ3v) is 4.97. The number of likely N-dealkylation sites (N-methyl/N-ethyl adjacent to an activating group) is 1. The summed E-state index contributed by atoms with van der Waals surface area (Å²) in [6, 6.07) is 0. The van der Waals surface area contributed by atoms with Crippen LogP contribution in [0.5, 0.6) is 0 Å². The van der Waals surface area contributed by atoms with Gasteiger partial charge in [0.25, 0.3) is 0 Å². The van der Waals surface area contributed by atoms with Gasteiger partial charge in [-0.05, 0) is 55.8 Å². The van der Waals surface area contributed by atoms with Gasteiger partial charge < -0.3 is 11.1 Å². The Balaban J connectivity index is 1.88. The Bertz CT molecular complexity index is 595. The molecule has 0 fully saturated rings. The normalized spacial score (nSPS) is 23.3. The minimum absolute atomic E-state index is 0.00816. The second kappa shape index (κ2) is 11.8. The molecule has 0 aromatic heterocycles. The maximum atomic E-state index is 14.4. The molecule has 3 atom stereocenters. The van der Waals surface area contributed by atoms with Crippen molar-refractivity contribution in [3.05, 3.63) is 72.2 Å². The predicted octanol–water partition coefficient (Wildman–Crippen LogP) is 5.00. The van der Waals surface area contributed by atoms with Crippen molar-refractivity contribution in [2.75, 3.05) is 19.6 Å². The van der Waals surface area contributed by atoms with Crippen molar-refractivity contribution >= 4 is 0 Å². The molecule has 0 heterocycles. The number of rotatable bonds is 11. The third-order valence-electron chi connectivity index (χ3n) is 4.97. The second-order valence-electron chi connectivity index (χ2n) is 6.99. The summed E-state index contributed by atoms with van der Waals surface area (Å²) in [4.78, 5) is 0. The van der Waals surface area contributed by atoms with E-state index in [1.165, 1.54) is 5.57 Å². The van der Waals surface area contributed by atoms with Crippen LogP contribution in [0, 0.1) is 17.8 Å². The molecule has 142 valence electrons. The number of allylic oxidation sites excluding steroid dienone is 11. The average molecular weight is 357 g/mol. The first-order chi connectivity index (χ1) is 12.7. The van der Waals surface area contributed by atoms with Gasteiger partial charge in [0, 0.05) is 18.9 Å². The lowest BCUT2D eigenvalue weighted by molar-refractivity contribution is 0.404. The van der Waals surface area contributed by atoms with E-state index in [9.17, 15) is 4.39 Å². The predicted molar refractivity (Wildman–Crippen MR) is 110 cm³/mol.